The number of urea groups is 1. The number of hydrogen-bond donors (Lipinski definition) is 2. The highest BCUT2D eigenvalue weighted by Crippen LogP contribution is 2.33. The molecule has 0 atom stereocenters. The third-order valence-electron chi connectivity index (χ3n) is 5.23. The number of nitrogens with zero attached hydrogens (tertiary/aromatic N) is 1. The molecule has 22 heavy (non-hydrogen) atoms. The van der Waals surface area contributed by atoms with Crippen molar-refractivity contribution in [1.82, 2.24) is 15.5 Å². The number of rotatable bonds is 3. The van der Waals surface area contributed by atoms with Gasteiger partial charge in [0.05, 0.1) is 0 Å². The standard InChI is InChI=1S/C16H25N3O3/c20-13(17-12-7-3-1-4-8-12)11-19-14(21)16(18-15(19)22)9-5-2-6-10-16/h12H,1-11H2,(H,17,20)(H,18,22). The van der Waals surface area contributed by atoms with Crippen molar-refractivity contribution in [3.05, 3.63) is 0 Å². The second-order valence-corrected chi connectivity index (χ2v) is 6.87. The van der Waals surface area contributed by atoms with Crippen LogP contribution in [0.4, 0.5) is 4.79 Å². The molecule has 0 radical (unpaired) electrons. The fourth-order valence-corrected chi connectivity index (χ4v) is 3.98. The summed E-state index contributed by atoms with van der Waals surface area (Å²) in [5, 5.41) is 5.80. The molecule has 4 amide bonds. The van der Waals surface area contributed by atoms with E-state index in [4.69, 9.17) is 0 Å². The normalized spacial score (nSPS) is 25.4. The zero-order valence-electron chi connectivity index (χ0n) is 13.0. The Balaban J connectivity index is 1.58. The average molecular weight is 307 g/mol. The van der Waals surface area contributed by atoms with Crippen LogP contribution in [0.2, 0.25) is 0 Å². The fourth-order valence-electron chi connectivity index (χ4n) is 3.98. The minimum Gasteiger partial charge on any atom is -0.352 e. The first kappa shape index (κ1) is 15.3. The summed E-state index contributed by atoms with van der Waals surface area (Å²) in [7, 11) is 0. The first-order valence-corrected chi connectivity index (χ1v) is 8.54. The summed E-state index contributed by atoms with van der Waals surface area (Å²) >= 11 is 0. The highest BCUT2D eigenvalue weighted by molar-refractivity contribution is 6.09. The molecule has 6 heteroatoms. The van der Waals surface area contributed by atoms with Gasteiger partial charge in [-0.05, 0) is 25.7 Å². The van der Waals surface area contributed by atoms with Crippen LogP contribution in [0.25, 0.3) is 0 Å². The van der Waals surface area contributed by atoms with Crippen molar-refractivity contribution >= 4 is 17.8 Å². The molecule has 122 valence electrons. The van der Waals surface area contributed by atoms with Crippen LogP contribution in [0.1, 0.15) is 64.2 Å². The third kappa shape index (κ3) is 2.96. The lowest BCUT2D eigenvalue weighted by Gasteiger charge is -2.30. The molecular formula is C16H25N3O3. The van der Waals surface area contributed by atoms with E-state index < -0.39 is 11.6 Å². The molecule has 0 aromatic heterocycles. The summed E-state index contributed by atoms with van der Waals surface area (Å²) in [6.07, 6.45) is 9.88. The van der Waals surface area contributed by atoms with Gasteiger partial charge in [0.15, 0.2) is 0 Å². The Bertz CT molecular complexity index is 465. The summed E-state index contributed by atoms with van der Waals surface area (Å²) in [6, 6.07) is -0.212. The molecule has 1 spiro atoms. The summed E-state index contributed by atoms with van der Waals surface area (Å²) in [4.78, 5) is 37.9. The molecule has 2 N–H and O–H groups in total. The van der Waals surface area contributed by atoms with Gasteiger partial charge in [0, 0.05) is 6.04 Å². The van der Waals surface area contributed by atoms with Crippen molar-refractivity contribution in [2.24, 2.45) is 0 Å². The van der Waals surface area contributed by atoms with Crippen molar-refractivity contribution in [2.75, 3.05) is 6.54 Å². The molecule has 3 rings (SSSR count). The molecular weight excluding hydrogens is 282 g/mol. The topological polar surface area (TPSA) is 78.5 Å². The van der Waals surface area contributed by atoms with Gasteiger partial charge < -0.3 is 10.6 Å². The Hall–Kier alpha value is -1.59. The largest absolute Gasteiger partial charge is 0.352 e. The number of hydrogen-bond acceptors (Lipinski definition) is 3. The van der Waals surface area contributed by atoms with Crippen LogP contribution in [-0.2, 0) is 9.59 Å². The van der Waals surface area contributed by atoms with Crippen LogP contribution in [0.15, 0.2) is 0 Å². The van der Waals surface area contributed by atoms with E-state index in [0.29, 0.717) is 12.8 Å². The van der Waals surface area contributed by atoms with E-state index in [2.05, 4.69) is 10.6 Å². The lowest BCUT2D eigenvalue weighted by molar-refractivity contribution is -0.136. The van der Waals surface area contributed by atoms with Gasteiger partial charge in [-0.15, -0.1) is 0 Å². The number of imide groups is 1. The molecule has 1 heterocycles. The summed E-state index contributed by atoms with van der Waals surface area (Å²) in [5.74, 6) is -0.431. The Morgan fingerprint density at radius 1 is 1.09 bits per heavy atom. The number of carbonyl (C=O) groups is 3. The van der Waals surface area contributed by atoms with Gasteiger partial charge in [0.25, 0.3) is 5.91 Å². The second-order valence-electron chi connectivity index (χ2n) is 6.87. The monoisotopic (exact) mass is 307 g/mol. The molecule has 0 aromatic rings. The summed E-state index contributed by atoms with van der Waals surface area (Å²) in [6.45, 7) is -0.150. The lowest BCUT2D eigenvalue weighted by atomic mass is 9.82. The summed E-state index contributed by atoms with van der Waals surface area (Å²) in [5.41, 5.74) is -0.736. The molecule has 6 nitrogen and oxygen atoms in total. The molecule has 0 aromatic carbocycles. The predicted octanol–water partition coefficient (Wildman–Crippen LogP) is 1.69. The zero-order valence-corrected chi connectivity index (χ0v) is 13.0. The highest BCUT2D eigenvalue weighted by Gasteiger charge is 2.51. The molecule has 0 unspecified atom stereocenters. The van der Waals surface area contributed by atoms with Gasteiger partial charge in [-0.2, -0.15) is 0 Å². The Labute approximate surface area is 131 Å². The molecule has 2 aliphatic carbocycles. The fraction of sp³-hybridized carbons (Fsp3) is 0.812. The lowest BCUT2D eigenvalue weighted by Crippen LogP contribution is -2.49. The number of carbonyl (C=O) groups excluding carboxylic acids is 3. The number of amides is 4. The van der Waals surface area contributed by atoms with Crippen LogP contribution >= 0.6 is 0 Å². The van der Waals surface area contributed by atoms with Crippen LogP contribution in [0.5, 0.6) is 0 Å². The van der Waals surface area contributed by atoms with Crippen LogP contribution in [0, 0.1) is 0 Å². The Morgan fingerprint density at radius 2 is 1.73 bits per heavy atom. The van der Waals surface area contributed by atoms with E-state index in [-0.39, 0.29) is 24.4 Å². The Kier molecular flexibility index (Phi) is 4.36. The molecule has 0 bridgehead atoms. The SMILES string of the molecule is O=C(CN1C(=O)NC2(CCCCC2)C1=O)NC1CCCCC1. The Morgan fingerprint density at radius 3 is 2.41 bits per heavy atom. The third-order valence-corrected chi connectivity index (χ3v) is 5.23. The van der Waals surface area contributed by atoms with Gasteiger partial charge in [-0.3, -0.25) is 14.5 Å². The van der Waals surface area contributed by atoms with Crippen molar-refractivity contribution in [2.45, 2.75) is 75.8 Å². The second kappa shape index (κ2) is 6.26. The van der Waals surface area contributed by atoms with Gasteiger partial charge in [-0.1, -0.05) is 38.5 Å². The van der Waals surface area contributed by atoms with E-state index in [1.54, 1.807) is 0 Å². The molecule has 3 aliphatic rings. The van der Waals surface area contributed by atoms with Crippen molar-refractivity contribution < 1.29 is 14.4 Å². The van der Waals surface area contributed by atoms with E-state index in [1.165, 1.54) is 6.42 Å². The van der Waals surface area contributed by atoms with Crippen LogP contribution in [-0.4, -0.2) is 40.9 Å². The summed E-state index contributed by atoms with van der Waals surface area (Å²) < 4.78 is 0. The van der Waals surface area contributed by atoms with E-state index in [9.17, 15) is 14.4 Å². The highest BCUT2D eigenvalue weighted by atomic mass is 16.2. The molecule has 1 saturated heterocycles. The van der Waals surface area contributed by atoms with E-state index in [0.717, 1.165) is 49.8 Å². The maximum atomic E-state index is 12.6. The van der Waals surface area contributed by atoms with Crippen molar-refractivity contribution in [3.8, 4) is 0 Å². The minimum absolute atomic E-state index is 0.150. The van der Waals surface area contributed by atoms with E-state index >= 15 is 0 Å². The van der Waals surface area contributed by atoms with Crippen LogP contribution in [0.3, 0.4) is 0 Å². The van der Waals surface area contributed by atoms with Gasteiger partial charge in [0.1, 0.15) is 12.1 Å². The predicted molar refractivity (Wildman–Crippen MR) is 81.1 cm³/mol. The van der Waals surface area contributed by atoms with Crippen molar-refractivity contribution in [1.29, 1.82) is 0 Å². The first-order chi connectivity index (χ1) is 10.6. The van der Waals surface area contributed by atoms with Gasteiger partial charge >= 0.3 is 6.03 Å². The van der Waals surface area contributed by atoms with Gasteiger partial charge in [-0.25, -0.2) is 4.79 Å². The molecule has 1 aliphatic heterocycles. The van der Waals surface area contributed by atoms with Gasteiger partial charge in [0.2, 0.25) is 5.91 Å². The molecule has 3 fully saturated rings. The maximum absolute atomic E-state index is 12.6. The minimum atomic E-state index is -0.736. The van der Waals surface area contributed by atoms with E-state index in [1.807, 2.05) is 0 Å². The number of nitrogens with one attached hydrogen (secondary N) is 2. The van der Waals surface area contributed by atoms with Crippen LogP contribution < -0.4 is 10.6 Å². The zero-order chi connectivity index (χ0) is 15.6. The smallest absolute Gasteiger partial charge is 0.325 e. The quantitative estimate of drug-likeness (QED) is 0.779. The molecule has 2 saturated carbocycles. The first-order valence-electron chi connectivity index (χ1n) is 8.54. The average Bonchev–Trinajstić information content (AvgIpc) is 2.73. The van der Waals surface area contributed by atoms with Crippen molar-refractivity contribution in [3.63, 3.8) is 0 Å². The maximum Gasteiger partial charge on any atom is 0.325 e.